The van der Waals surface area contributed by atoms with Crippen LogP contribution in [0.1, 0.15) is 12.8 Å². The molecule has 0 saturated carbocycles. The smallest absolute Gasteiger partial charge is 0.271 e. The number of benzene rings is 1. The third-order valence-corrected chi connectivity index (χ3v) is 3.68. The van der Waals surface area contributed by atoms with Crippen LogP contribution in [0.3, 0.4) is 0 Å². The Morgan fingerprint density at radius 1 is 1.06 bits per heavy atom. The molecule has 2 aromatic rings. The van der Waals surface area contributed by atoms with Gasteiger partial charge < -0.3 is 0 Å². The van der Waals surface area contributed by atoms with E-state index < -0.39 is 0 Å². The van der Waals surface area contributed by atoms with Crippen molar-refractivity contribution in [3.8, 4) is 11.1 Å². The largest absolute Gasteiger partial charge is 0.276 e. The third-order valence-electron chi connectivity index (χ3n) is 3.30. The van der Waals surface area contributed by atoms with Gasteiger partial charge in [-0.3, -0.25) is 9.48 Å². The van der Waals surface area contributed by atoms with Crippen molar-refractivity contribution < 1.29 is 4.39 Å². The minimum atomic E-state index is -0.320. The summed E-state index contributed by atoms with van der Waals surface area (Å²) in [7, 11) is 0. The molecule has 5 heteroatoms. The van der Waals surface area contributed by atoms with Crippen molar-refractivity contribution in [1.82, 2.24) is 9.36 Å². The highest BCUT2D eigenvalue weighted by Gasteiger charge is 2.21. The zero-order chi connectivity index (χ0) is 12.7. The van der Waals surface area contributed by atoms with E-state index in [1.807, 2.05) is 4.68 Å². The predicted octanol–water partition coefficient (Wildman–Crippen LogP) is 2.90. The molecule has 94 valence electrons. The second-order valence-electron chi connectivity index (χ2n) is 4.43. The predicted molar refractivity (Wildman–Crippen MR) is 68.3 cm³/mol. The quantitative estimate of drug-likeness (QED) is 0.780. The van der Waals surface area contributed by atoms with E-state index in [0.29, 0.717) is 22.8 Å². The van der Waals surface area contributed by atoms with E-state index in [9.17, 15) is 9.18 Å². The van der Waals surface area contributed by atoms with Crippen LogP contribution in [0.25, 0.3) is 11.1 Å². The second-order valence-corrected chi connectivity index (χ2v) is 4.79. The van der Waals surface area contributed by atoms with Crippen LogP contribution in [-0.4, -0.2) is 9.36 Å². The van der Waals surface area contributed by atoms with Crippen molar-refractivity contribution in [3.05, 3.63) is 45.6 Å². The molecule has 0 radical (unpaired) electrons. The van der Waals surface area contributed by atoms with Crippen LogP contribution in [-0.2, 0) is 13.1 Å². The molecule has 0 amide bonds. The summed E-state index contributed by atoms with van der Waals surface area (Å²) in [6, 6.07) is 5.86. The molecule has 1 aromatic carbocycles. The normalized spacial score (nSPS) is 14.6. The van der Waals surface area contributed by atoms with Gasteiger partial charge in [0.15, 0.2) is 0 Å². The second kappa shape index (κ2) is 4.28. The lowest BCUT2D eigenvalue weighted by atomic mass is 10.1. The molecule has 2 heterocycles. The zero-order valence-corrected chi connectivity index (χ0v) is 10.5. The van der Waals surface area contributed by atoms with Crippen LogP contribution in [0.5, 0.6) is 0 Å². The monoisotopic (exact) mass is 266 g/mol. The number of fused-ring (bicyclic) bond motifs is 1. The average molecular weight is 267 g/mol. The van der Waals surface area contributed by atoms with Gasteiger partial charge in [-0.05, 0) is 30.5 Å². The molecule has 1 aliphatic heterocycles. The van der Waals surface area contributed by atoms with Gasteiger partial charge in [-0.15, -0.1) is 0 Å². The van der Waals surface area contributed by atoms with Gasteiger partial charge in [-0.2, -0.15) is 0 Å². The van der Waals surface area contributed by atoms with Crippen LogP contribution in [0.4, 0.5) is 4.39 Å². The van der Waals surface area contributed by atoms with E-state index in [0.717, 1.165) is 19.4 Å². The molecular formula is C13H12ClFN2O. The summed E-state index contributed by atoms with van der Waals surface area (Å²) in [4.78, 5) is 12.3. The van der Waals surface area contributed by atoms with Gasteiger partial charge in [0, 0.05) is 13.1 Å². The van der Waals surface area contributed by atoms with Crippen molar-refractivity contribution in [2.24, 2.45) is 0 Å². The summed E-state index contributed by atoms with van der Waals surface area (Å²) in [5.74, 6) is -0.320. The number of halogens is 2. The molecule has 0 spiro atoms. The van der Waals surface area contributed by atoms with Gasteiger partial charge in [0.25, 0.3) is 5.56 Å². The molecule has 3 nitrogen and oxygen atoms in total. The number of nitrogens with zero attached hydrogens (tertiary/aromatic N) is 2. The Morgan fingerprint density at radius 2 is 1.67 bits per heavy atom. The average Bonchev–Trinajstić information content (AvgIpc) is 2.64. The van der Waals surface area contributed by atoms with E-state index in [1.165, 1.54) is 12.1 Å². The summed E-state index contributed by atoms with van der Waals surface area (Å²) in [5.41, 5.74) is 1.05. The van der Waals surface area contributed by atoms with Crippen molar-refractivity contribution in [2.45, 2.75) is 25.9 Å². The highest BCUT2D eigenvalue weighted by molar-refractivity contribution is 6.32. The molecule has 3 rings (SSSR count). The molecule has 0 N–H and O–H groups in total. The highest BCUT2D eigenvalue weighted by atomic mass is 35.5. The topological polar surface area (TPSA) is 26.9 Å². The highest BCUT2D eigenvalue weighted by Crippen LogP contribution is 2.27. The molecule has 0 atom stereocenters. The first-order chi connectivity index (χ1) is 8.68. The molecule has 1 aliphatic rings. The maximum absolute atomic E-state index is 12.9. The van der Waals surface area contributed by atoms with Crippen molar-refractivity contribution >= 4 is 11.6 Å². The molecule has 1 aromatic heterocycles. The first kappa shape index (κ1) is 11.5. The fraction of sp³-hybridized carbons (Fsp3) is 0.308. The van der Waals surface area contributed by atoms with Gasteiger partial charge in [-0.25, -0.2) is 9.07 Å². The Labute approximate surface area is 108 Å². The molecular weight excluding hydrogens is 255 g/mol. The fourth-order valence-corrected chi connectivity index (χ4v) is 2.75. The Balaban J connectivity index is 2.21. The molecule has 0 fully saturated rings. The Hall–Kier alpha value is -1.55. The van der Waals surface area contributed by atoms with E-state index >= 15 is 0 Å². The van der Waals surface area contributed by atoms with Gasteiger partial charge in [0.2, 0.25) is 0 Å². The summed E-state index contributed by atoms with van der Waals surface area (Å²) >= 11 is 6.27. The maximum Gasteiger partial charge on any atom is 0.276 e. The fourth-order valence-electron chi connectivity index (χ4n) is 2.39. The van der Waals surface area contributed by atoms with Crippen LogP contribution in [0, 0.1) is 5.82 Å². The van der Waals surface area contributed by atoms with Crippen LogP contribution >= 0.6 is 11.6 Å². The summed E-state index contributed by atoms with van der Waals surface area (Å²) in [6.07, 6.45) is 2.01. The Morgan fingerprint density at radius 3 is 2.28 bits per heavy atom. The minimum absolute atomic E-state index is 0.0914. The summed E-state index contributed by atoms with van der Waals surface area (Å²) in [6.45, 7) is 1.45. The lowest BCUT2D eigenvalue weighted by Gasteiger charge is -2.17. The standard InChI is InChI=1S/C13H12ClFN2O/c14-12-11(9-3-5-10(15)6-4-9)13(18)17-8-2-1-7-16(12)17/h3-6H,1-2,7-8H2. The van der Waals surface area contributed by atoms with E-state index in [1.54, 1.807) is 16.8 Å². The molecule has 0 bridgehead atoms. The zero-order valence-electron chi connectivity index (χ0n) is 9.70. The van der Waals surface area contributed by atoms with E-state index in [-0.39, 0.29) is 11.4 Å². The van der Waals surface area contributed by atoms with Crippen molar-refractivity contribution in [2.75, 3.05) is 0 Å². The van der Waals surface area contributed by atoms with Gasteiger partial charge >= 0.3 is 0 Å². The minimum Gasteiger partial charge on any atom is -0.271 e. The van der Waals surface area contributed by atoms with Gasteiger partial charge in [-0.1, -0.05) is 23.7 Å². The number of aromatic nitrogens is 2. The maximum atomic E-state index is 12.9. The number of hydrogen-bond acceptors (Lipinski definition) is 1. The number of hydrogen-bond donors (Lipinski definition) is 0. The molecule has 0 unspecified atom stereocenters. The molecule has 0 aliphatic carbocycles. The summed E-state index contributed by atoms with van der Waals surface area (Å²) < 4.78 is 16.4. The third kappa shape index (κ3) is 1.68. The lowest BCUT2D eigenvalue weighted by molar-refractivity contribution is 0.356. The summed E-state index contributed by atoms with van der Waals surface area (Å²) in [5, 5.41) is 0.450. The van der Waals surface area contributed by atoms with Crippen LogP contribution in [0.15, 0.2) is 29.1 Å². The number of rotatable bonds is 1. The van der Waals surface area contributed by atoms with E-state index in [2.05, 4.69) is 0 Å². The van der Waals surface area contributed by atoms with Crippen molar-refractivity contribution in [1.29, 1.82) is 0 Å². The van der Waals surface area contributed by atoms with E-state index in [4.69, 9.17) is 11.6 Å². The molecule has 0 saturated heterocycles. The Bertz CT molecular complexity index is 642. The Kier molecular flexibility index (Phi) is 2.74. The van der Waals surface area contributed by atoms with Crippen LogP contribution < -0.4 is 5.56 Å². The van der Waals surface area contributed by atoms with Crippen molar-refractivity contribution in [3.63, 3.8) is 0 Å². The van der Waals surface area contributed by atoms with Gasteiger partial charge in [0.1, 0.15) is 11.0 Å². The first-order valence-corrected chi connectivity index (χ1v) is 6.31. The SMILES string of the molecule is O=c1c(-c2ccc(F)cc2)c(Cl)n2n1CCCC2. The van der Waals surface area contributed by atoms with Gasteiger partial charge in [0.05, 0.1) is 5.56 Å². The lowest BCUT2D eigenvalue weighted by Crippen LogP contribution is -2.27. The van der Waals surface area contributed by atoms with Crippen LogP contribution in [0.2, 0.25) is 5.15 Å². The first-order valence-electron chi connectivity index (χ1n) is 5.93. The molecule has 18 heavy (non-hydrogen) atoms.